The maximum atomic E-state index is 13.1. The van der Waals surface area contributed by atoms with Crippen molar-refractivity contribution >= 4 is 31.2 Å². The predicted molar refractivity (Wildman–Crippen MR) is 127 cm³/mol. The zero-order valence-corrected chi connectivity index (χ0v) is 20.1. The van der Waals surface area contributed by atoms with E-state index in [0.29, 0.717) is 17.7 Å². The summed E-state index contributed by atoms with van der Waals surface area (Å²) in [5, 5.41) is 12.2. The van der Waals surface area contributed by atoms with Crippen LogP contribution < -0.4 is 9.84 Å². The molecule has 186 valence electrons. The summed E-state index contributed by atoms with van der Waals surface area (Å²) >= 11 is 0. The summed E-state index contributed by atoms with van der Waals surface area (Å²) in [6.07, 6.45) is 0.0533. The standard InChI is InChI=1S/C24H27N2O8P/c1-15(2)12-18(24(29)30)14-22(27)21(26-23(28)17-6-8-19(25-3)9-7-17)13-16-4-10-20(11-5-16)34-35(31,32)33/h4-11,15,18,21H,12-14H2,1-2H3,(H,26,28)(H,29,30)(H2,31,32,33)/t18-,21+/m1/s1. The summed E-state index contributed by atoms with van der Waals surface area (Å²) in [6.45, 7) is 10.7. The molecule has 4 N–H and O–H groups in total. The third-order valence-electron chi connectivity index (χ3n) is 5.09. The Balaban J connectivity index is 2.25. The Kier molecular flexibility index (Phi) is 9.72. The van der Waals surface area contributed by atoms with Crippen molar-refractivity contribution in [3.05, 3.63) is 71.1 Å². The minimum atomic E-state index is -4.73. The van der Waals surface area contributed by atoms with Gasteiger partial charge < -0.3 is 14.9 Å². The number of nitrogens with zero attached hydrogens (tertiary/aromatic N) is 1. The highest BCUT2D eigenvalue weighted by molar-refractivity contribution is 7.46. The molecule has 0 fully saturated rings. The highest BCUT2D eigenvalue weighted by Crippen LogP contribution is 2.37. The molecule has 2 aromatic carbocycles. The van der Waals surface area contributed by atoms with Crippen LogP contribution in [0.1, 0.15) is 42.6 Å². The van der Waals surface area contributed by atoms with E-state index in [1.165, 1.54) is 48.5 Å². The molecule has 0 aromatic heterocycles. The van der Waals surface area contributed by atoms with Crippen molar-refractivity contribution in [2.75, 3.05) is 0 Å². The van der Waals surface area contributed by atoms with Gasteiger partial charge in [0.15, 0.2) is 11.5 Å². The Morgan fingerprint density at radius 1 is 1.06 bits per heavy atom. The smallest absolute Gasteiger partial charge is 0.481 e. The van der Waals surface area contributed by atoms with Crippen molar-refractivity contribution in [2.45, 2.75) is 39.2 Å². The summed E-state index contributed by atoms with van der Waals surface area (Å²) in [6, 6.07) is 10.4. The van der Waals surface area contributed by atoms with E-state index in [0.717, 1.165) is 0 Å². The lowest BCUT2D eigenvalue weighted by Gasteiger charge is -2.21. The molecular weight excluding hydrogens is 475 g/mol. The van der Waals surface area contributed by atoms with Crippen molar-refractivity contribution < 1.29 is 38.4 Å². The fraction of sp³-hybridized carbons (Fsp3) is 0.333. The topological polar surface area (TPSA) is 155 Å². The van der Waals surface area contributed by atoms with Gasteiger partial charge in [0.2, 0.25) is 0 Å². The highest BCUT2D eigenvalue weighted by atomic mass is 31.2. The monoisotopic (exact) mass is 502 g/mol. The number of hydrogen-bond acceptors (Lipinski definition) is 5. The molecule has 2 atom stereocenters. The molecule has 0 aliphatic rings. The Morgan fingerprint density at radius 2 is 1.66 bits per heavy atom. The number of hydrogen-bond donors (Lipinski definition) is 4. The number of phosphoric acid groups is 1. The fourth-order valence-electron chi connectivity index (χ4n) is 3.46. The minimum Gasteiger partial charge on any atom is -0.481 e. The third-order valence-corrected chi connectivity index (χ3v) is 5.54. The van der Waals surface area contributed by atoms with Gasteiger partial charge in [-0.25, -0.2) is 9.41 Å². The van der Waals surface area contributed by atoms with Crippen LogP contribution in [-0.4, -0.2) is 38.6 Å². The average Bonchev–Trinajstić information content (AvgIpc) is 2.78. The third kappa shape index (κ3) is 9.33. The van der Waals surface area contributed by atoms with E-state index < -0.39 is 37.4 Å². The number of amides is 1. The van der Waals surface area contributed by atoms with E-state index in [9.17, 15) is 24.1 Å². The summed E-state index contributed by atoms with van der Waals surface area (Å²) in [5.41, 5.74) is 1.14. The zero-order valence-electron chi connectivity index (χ0n) is 19.2. The number of rotatable bonds is 12. The fourth-order valence-corrected chi connectivity index (χ4v) is 3.86. The summed E-state index contributed by atoms with van der Waals surface area (Å²) in [4.78, 5) is 58.7. The van der Waals surface area contributed by atoms with E-state index in [4.69, 9.17) is 16.4 Å². The van der Waals surface area contributed by atoms with Crippen LogP contribution in [0.4, 0.5) is 5.69 Å². The van der Waals surface area contributed by atoms with Crippen molar-refractivity contribution in [3.63, 3.8) is 0 Å². The van der Waals surface area contributed by atoms with Gasteiger partial charge in [-0.1, -0.05) is 50.2 Å². The number of benzene rings is 2. The van der Waals surface area contributed by atoms with E-state index >= 15 is 0 Å². The maximum absolute atomic E-state index is 13.1. The molecule has 1 amide bonds. The first-order chi connectivity index (χ1) is 16.4. The Hall–Kier alpha value is -3.51. The van der Waals surface area contributed by atoms with Crippen LogP contribution in [0.5, 0.6) is 5.75 Å². The lowest BCUT2D eigenvalue weighted by Crippen LogP contribution is -2.43. The van der Waals surface area contributed by atoms with E-state index in [1.807, 2.05) is 13.8 Å². The second-order valence-electron chi connectivity index (χ2n) is 8.45. The molecule has 0 saturated carbocycles. The van der Waals surface area contributed by atoms with Gasteiger partial charge in [0.1, 0.15) is 5.75 Å². The van der Waals surface area contributed by atoms with E-state index in [2.05, 4.69) is 14.7 Å². The lowest BCUT2D eigenvalue weighted by molar-refractivity contribution is -0.144. The number of carbonyl (C=O) groups is 3. The van der Waals surface area contributed by atoms with Gasteiger partial charge in [0.05, 0.1) is 18.5 Å². The van der Waals surface area contributed by atoms with Crippen molar-refractivity contribution in [1.82, 2.24) is 5.32 Å². The maximum Gasteiger partial charge on any atom is 0.524 e. The number of Topliss-reactive ketones (excluding diaryl/α,β-unsaturated/α-hetero) is 1. The van der Waals surface area contributed by atoms with Crippen LogP contribution in [0.2, 0.25) is 0 Å². The van der Waals surface area contributed by atoms with Gasteiger partial charge in [0, 0.05) is 12.0 Å². The minimum absolute atomic E-state index is 0.0227. The van der Waals surface area contributed by atoms with Crippen LogP contribution in [0.15, 0.2) is 48.5 Å². The SMILES string of the molecule is [C-]#[N+]c1ccc(C(=O)N[C@@H](Cc2ccc(OP(=O)(O)O)cc2)C(=O)C[C@@H](CC(C)C)C(=O)O)cc1. The molecule has 0 bridgehead atoms. The largest absolute Gasteiger partial charge is 0.524 e. The van der Waals surface area contributed by atoms with E-state index in [1.54, 1.807) is 0 Å². The number of aliphatic carboxylic acids is 1. The van der Waals surface area contributed by atoms with Crippen molar-refractivity contribution in [3.8, 4) is 5.75 Å². The number of phosphoric ester groups is 1. The molecule has 2 rings (SSSR count). The number of nitrogens with one attached hydrogen (secondary N) is 1. The summed E-state index contributed by atoms with van der Waals surface area (Å²) in [5.74, 6) is -3.03. The molecule has 0 aliphatic carbocycles. The first kappa shape index (κ1) is 27.7. The van der Waals surface area contributed by atoms with Crippen LogP contribution in [0.25, 0.3) is 4.85 Å². The molecule has 10 nitrogen and oxygen atoms in total. The molecular formula is C24H27N2O8P. The highest BCUT2D eigenvalue weighted by Gasteiger charge is 2.28. The number of carbonyl (C=O) groups excluding carboxylic acids is 2. The predicted octanol–water partition coefficient (Wildman–Crippen LogP) is 3.76. The second-order valence-corrected chi connectivity index (χ2v) is 9.61. The molecule has 11 heteroatoms. The van der Waals surface area contributed by atoms with Gasteiger partial charge in [-0.3, -0.25) is 24.2 Å². The first-order valence-corrected chi connectivity index (χ1v) is 12.3. The first-order valence-electron chi connectivity index (χ1n) is 10.8. The quantitative estimate of drug-likeness (QED) is 0.253. The van der Waals surface area contributed by atoms with Gasteiger partial charge in [-0.05, 0) is 36.5 Å². The van der Waals surface area contributed by atoms with Crippen molar-refractivity contribution in [1.29, 1.82) is 0 Å². The molecule has 0 spiro atoms. The summed E-state index contributed by atoms with van der Waals surface area (Å²) in [7, 11) is -4.73. The Morgan fingerprint density at radius 3 is 2.14 bits per heavy atom. The van der Waals surface area contributed by atoms with Gasteiger partial charge in [-0.15, -0.1) is 0 Å². The molecule has 0 aliphatic heterocycles. The van der Waals surface area contributed by atoms with Gasteiger partial charge in [0.25, 0.3) is 5.91 Å². The molecule has 0 radical (unpaired) electrons. The molecule has 0 saturated heterocycles. The van der Waals surface area contributed by atoms with Crippen LogP contribution >= 0.6 is 7.82 Å². The number of carboxylic acid groups (broad SMARTS) is 1. The second kappa shape index (κ2) is 12.3. The van der Waals surface area contributed by atoms with Crippen LogP contribution in [0, 0.1) is 18.4 Å². The van der Waals surface area contributed by atoms with Crippen LogP contribution in [-0.2, 0) is 20.6 Å². The zero-order chi connectivity index (χ0) is 26.2. The Labute approximate surface area is 203 Å². The van der Waals surface area contributed by atoms with E-state index in [-0.39, 0.29) is 30.1 Å². The van der Waals surface area contributed by atoms with Gasteiger partial charge >= 0.3 is 13.8 Å². The van der Waals surface area contributed by atoms with Crippen LogP contribution in [0.3, 0.4) is 0 Å². The average molecular weight is 502 g/mol. The lowest BCUT2D eigenvalue weighted by atomic mass is 9.89. The normalized spacial score (nSPS) is 12.9. The number of carboxylic acids is 1. The molecule has 0 heterocycles. The molecule has 2 aromatic rings. The molecule has 35 heavy (non-hydrogen) atoms. The Bertz CT molecular complexity index is 1130. The number of ketones is 1. The van der Waals surface area contributed by atoms with Crippen molar-refractivity contribution in [2.24, 2.45) is 11.8 Å². The van der Waals surface area contributed by atoms with Gasteiger partial charge in [-0.2, -0.15) is 0 Å². The molecule has 0 unspecified atom stereocenters. The summed E-state index contributed by atoms with van der Waals surface area (Å²) < 4.78 is 15.5.